The van der Waals surface area contributed by atoms with E-state index in [1.165, 1.54) is 35.3 Å². The van der Waals surface area contributed by atoms with Crippen LogP contribution in [0.4, 0.5) is 0 Å². The molecule has 0 spiro atoms. The first-order chi connectivity index (χ1) is 43.0. The van der Waals surface area contributed by atoms with Gasteiger partial charge in [-0.3, -0.25) is 43.2 Å². The molecule has 0 aliphatic rings. The molecule has 0 amide bonds. The number of hydrogen-bond acceptors (Lipinski definition) is 21. The molecule has 0 fully saturated rings. The van der Waals surface area contributed by atoms with Crippen molar-refractivity contribution < 1.29 is 85.3 Å². The molecule has 0 bridgehead atoms. The third-order valence-corrected chi connectivity index (χ3v) is 21.3. The highest BCUT2D eigenvalue weighted by Gasteiger charge is 2.38. The zero-order valence-electron chi connectivity index (χ0n) is 51.8. The second-order valence-electron chi connectivity index (χ2n) is 21.5. The average Bonchev–Trinajstić information content (AvgIpc) is 0.811. The van der Waals surface area contributed by atoms with Gasteiger partial charge in [0.1, 0.15) is 56.6 Å². The number of esters is 6. The van der Waals surface area contributed by atoms with Crippen LogP contribution in [-0.2, 0) is 90.7 Å². The maximum absolute atomic E-state index is 14.8. The van der Waals surface area contributed by atoms with E-state index in [1.807, 2.05) is 0 Å². The summed E-state index contributed by atoms with van der Waals surface area (Å²) in [6.45, 7) is 11.5. The summed E-state index contributed by atoms with van der Waals surface area (Å²) < 4.78 is 70.8. The van der Waals surface area contributed by atoms with Gasteiger partial charge in [0.15, 0.2) is 0 Å². The first-order valence-corrected chi connectivity index (χ1v) is 36.5. The van der Waals surface area contributed by atoms with Gasteiger partial charge in [-0.25, -0.2) is 0 Å². The van der Waals surface area contributed by atoms with E-state index in [0.29, 0.717) is 112 Å². The molecule has 0 aromatic heterocycles. The Bertz CT molecular complexity index is 3220. The van der Waals surface area contributed by atoms with Crippen LogP contribution < -0.4 is 10.6 Å². The third-order valence-electron chi connectivity index (χ3n) is 14.5. The Morgan fingerprint density at radius 1 is 0.400 bits per heavy atom. The lowest BCUT2D eigenvalue weighted by molar-refractivity contribution is -0.162. The molecule has 0 radical (unpaired) electrons. The molecule has 2 unspecified atom stereocenters. The van der Waals surface area contributed by atoms with Crippen molar-refractivity contribution in [2.75, 3.05) is 54.3 Å². The van der Waals surface area contributed by atoms with Gasteiger partial charge >= 0.3 is 35.8 Å². The van der Waals surface area contributed by atoms with Crippen LogP contribution in [0.3, 0.4) is 0 Å². The van der Waals surface area contributed by atoms with Crippen molar-refractivity contribution in [3.63, 3.8) is 0 Å². The van der Waals surface area contributed by atoms with E-state index in [-0.39, 0.29) is 84.6 Å². The van der Waals surface area contributed by atoms with E-state index in [2.05, 4.69) is 0 Å². The Labute approximate surface area is 541 Å². The third kappa shape index (κ3) is 23.1. The summed E-state index contributed by atoms with van der Waals surface area (Å²) in [4.78, 5) is 116. The summed E-state index contributed by atoms with van der Waals surface area (Å²) in [7, 11) is -6.94. The predicted molar refractivity (Wildman–Crippen MR) is 356 cm³/mol. The fourth-order valence-corrected chi connectivity index (χ4v) is 16.0. The molecule has 24 heteroatoms. The van der Waals surface area contributed by atoms with Crippen molar-refractivity contribution in [3.05, 3.63) is 164 Å². The Balaban J connectivity index is 1.06. The van der Waals surface area contributed by atoms with Crippen molar-refractivity contribution in [2.45, 2.75) is 113 Å². The van der Waals surface area contributed by atoms with Crippen LogP contribution in [0, 0.1) is 47.0 Å². The van der Waals surface area contributed by atoms with Gasteiger partial charge in [0, 0.05) is 61.8 Å². The minimum absolute atomic E-state index is 0.00214. The fraction of sp³-hybridized carbons (Fsp3) is 0.409. The number of carbonyl (C=O) groups is 9. The van der Waals surface area contributed by atoms with E-state index in [4.69, 9.17) is 28.4 Å². The zero-order chi connectivity index (χ0) is 65.8. The van der Waals surface area contributed by atoms with Gasteiger partial charge in [-0.1, -0.05) is 104 Å². The van der Waals surface area contributed by atoms with Crippen LogP contribution in [0.1, 0.15) is 133 Å². The molecule has 5 aromatic carbocycles. The van der Waals surface area contributed by atoms with Crippen molar-refractivity contribution >= 4 is 122 Å². The van der Waals surface area contributed by atoms with E-state index in [1.54, 1.807) is 146 Å². The molecule has 0 N–H and O–H groups in total. The largest absolute Gasteiger partial charge is 0.465 e. The lowest BCUT2D eigenvalue weighted by atomic mass is 9.88. The van der Waals surface area contributed by atoms with E-state index in [9.17, 15) is 56.8 Å². The van der Waals surface area contributed by atoms with Gasteiger partial charge in [-0.15, -0.1) is 0 Å². The SMILES string of the molecule is CCC(COC(=O)CCSCCC(=O)OCc1cc(C)c(C(=O)[PH2]=O)c(C)c1)(COC(=O)CCSCCC(=O)OCc1cc(C)c(C(=O)[PH2]=O)c(C)c1)COC(=O)CCSCCC(=O)OCc1cc(C)c(C(=O)P(=O)(c2ccccc2)c2ccccc2)c(C)c1. The number of rotatable bonds is 39. The van der Waals surface area contributed by atoms with Gasteiger partial charge < -0.3 is 42.1 Å². The number of aryl methyl sites for hydroxylation is 6. The predicted octanol–water partition coefficient (Wildman–Crippen LogP) is 11.6. The Hall–Kier alpha value is -6.33. The summed E-state index contributed by atoms with van der Waals surface area (Å²) in [6.07, 6.45) is 0.458. The van der Waals surface area contributed by atoms with Gasteiger partial charge in [-0.05, 0) is 98.0 Å². The van der Waals surface area contributed by atoms with Crippen LogP contribution >= 0.6 is 59.3 Å². The summed E-state index contributed by atoms with van der Waals surface area (Å²) in [5.41, 5.74) is 4.62. The molecular formula is C66H79O18P3S3. The van der Waals surface area contributed by atoms with Crippen molar-refractivity contribution in [3.8, 4) is 0 Å². The maximum atomic E-state index is 14.8. The van der Waals surface area contributed by atoms with Crippen molar-refractivity contribution in [2.24, 2.45) is 5.41 Å². The van der Waals surface area contributed by atoms with Crippen molar-refractivity contribution in [1.82, 2.24) is 0 Å². The Morgan fingerprint density at radius 2 is 0.656 bits per heavy atom. The normalized spacial score (nSPS) is 12.1. The molecule has 90 heavy (non-hydrogen) atoms. The number of ether oxygens (including phenoxy) is 6. The quantitative estimate of drug-likeness (QED) is 0.0153. The van der Waals surface area contributed by atoms with Crippen LogP contribution in [-0.4, -0.2) is 107 Å². The lowest BCUT2D eigenvalue weighted by Crippen LogP contribution is -2.39. The highest BCUT2D eigenvalue weighted by Crippen LogP contribution is 2.48. The first kappa shape index (κ1) is 74.4. The smallest absolute Gasteiger partial charge is 0.306 e. The Morgan fingerprint density at radius 3 is 0.911 bits per heavy atom. The fourth-order valence-electron chi connectivity index (χ4n) is 9.75. The standard InChI is InChI=1S/C66H79O18P3S3/c1-8-66(40-82-57(70)22-28-88-25-19-54(67)79-37-49-31-43(2)60(44(3)32-49)63(73)85-76,41-83-58(71)23-29-89-26-20-55(68)80-38-50-33-45(4)61(46(5)34-50)64(74)86-77)42-84-59(72)24-30-90-27-21-56(69)81-39-51-35-47(6)62(48(7)36-51)65(75)87(78,52-15-11-9-12-16-52)53-17-13-10-14-18-53/h9-18,31-36H,8,19-30,37-42,85-86H2,1-7H3. The molecule has 0 heterocycles. The zero-order valence-corrected chi connectivity index (χ0v) is 57.5. The monoisotopic (exact) mass is 1350 g/mol. The minimum atomic E-state index is -3.75. The van der Waals surface area contributed by atoms with Gasteiger partial charge in [-0.2, -0.15) is 35.3 Å². The second kappa shape index (κ2) is 37.9. The van der Waals surface area contributed by atoms with E-state index < -0.39 is 81.9 Å². The average molecular weight is 1350 g/mol. The molecule has 18 nitrogen and oxygen atoms in total. The van der Waals surface area contributed by atoms with E-state index in [0.717, 1.165) is 0 Å². The number of hydrogen-bond donors (Lipinski definition) is 0. The lowest BCUT2D eigenvalue weighted by Gasteiger charge is -2.31. The van der Waals surface area contributed by atoms with Crippen LogP contribution in [0.2, 0.25) is 0 Å². The van der Waals surface area contributed by atoms with Gasteiger partial charge in [0.05, 0.1) is 43.9 Å². The highest BCUT2D eigenvalue weighted by molar-refractivity contribution is 7.99. The van der Waals surface area contributed by atoms with Crippen LogP contribution in [0.5, 0.6) is 0 Å². The highest BCUT2D eigenvalue weighted by atomic mass is 32.2. The number of thioether (sulfide) groups is 3. The summed E-state index contributed by atoms with van der Waals surface area (Å²) in [5, 5.41) is 0.870. The first-order valence-electron chi connectivity index (χ1n) is 29.3. The molecule has 0 saturated carbocycles. The van der Waals surface area contributed by atoms with E-state index >= 15 is 0 Å². The molecular weight excluding hydrogens is 1270 g/mol. The topological polar surface area (TPSA) is 260 Å². The summed E-state index contributed by atoms with van der Waals surface area (Å²) in [6, 6.07) is 27.8. The van der Waals surface area contributed by atoms with Crippen LogP contribution in [0.15, 0.2) is 97.1 Å². The van der Waals surface area contributed by atoms with Gasteiger partial charge in [0.2, 0.25) is 23.7 Å². The van der Waals surface area contributed by atoms with Crippen molar-refractivity contribution in [1.29, 1.82) is 0 Å². The number of benzene rings is 5. The molecule has 5 rings (SSSR count). The molecule has 5 aromatic rings. The van der Waals surface area contributed by atoms with Crippen LogP contribution in [0.25, 0.3) is 0 Å². The maximum Gasteiger partial charge on any atom is 0.306 e. The molecule has 0 aliphatic heterocycles. The van der Waals surface area contributed by atoms with Gasteiger partial charge in [0.25, 0.3) is 0 Å². The summed E-state index contributed by atoms with van der Waals surface area (Å²) in [5.74, 6) is -0.999. The second-order valence-corrected chi connectivity index (χ2v) is 29.4. The molecule has 0 saturated heterocycles. The number of carbonyl (C=O) groups excluding carboxylic acids is 9. The summed E-state index contributed by atoms with van der Waals surface area (Å²) >= 11 is 4.05. The Kier molecular flexibility index (Phi) is 31.3. The molecule has 484 valence electrons. The molecule has 2 atom stereocenters. The molecule has 0 aliphatic carbocycles. The minimum Gasteiger partial charge on any atom is -0.465 e.